The Labute approximate surface area is 215 Å². The Morgan fingerprint density at radius 2 is 1.76 bits per heavy atom. The molecule has 2 heterocycles. The van der Waals surface area contributed by atoms with Gasteiger partial charge in [0.1, 0.15) is 12.0 Å². The van der Waals surface area contributed by atoms with E-state index in [9.17, 15) is 35.2 Å². The highest BCUT2D eigenvalue weighted by Crippen LogP contribution is 2.38. The summed E-state index contributed by atoms with van der Waals surface area (Å²) in [5.74, 6) is -1.04. The molecule has 1 fully saturated rings. The molecule has 2 atom stereocenters. The van der Waals surface area contributed by atoms with Crippen LogP contribution in [-0.2, 0) is 27.4 Å². The van der Waals surface area contributed by atoms with E-state index in [0.29, 0.717) is 11.3 Å². The number of rotatable bonds is 8. The zero-order valence-electron chi connectivity index (χ0n) is 20.4. The molecule has 0 bridgehead atoms. The van der Waals surface area contributed by atoms with E-state index in [1.807, 2.05) is 0 Å². The number of methoxy groups -OCH3 is 1. The Balaban J connectivity index is 1.54. The molecule has 204 valence electrons. The standard InChI is InChI=1S/C25H24F5N3O4S/c1-24(13-19(27)15-33(24)38(35,36)21-10-6-18(26)7-11-21)22(34)12-3-16-14-32(31-23(16)37-2)20-8-4-17(5-9-20)25(28,29)30/h4-11,14,19H,3,12-13,15H2,1-2H3/t19-,24+/m1/s1. The summed E-state index contributed by atoms with van der Waals surface area (Å²) < 4.78 is 100. The summed E-state index contributed by atoms with van der Waals surface area (Å²) in [7, 11) is -2.96. The van der Waals surface area contributed by atoms with Crippen LogP contribution in [0.15, 0.2) is 59.6 Å². The van der Waals surface area contributed by atoms with Crippen molar-refractivity contribution >= 4 is 15.8 Å². The Kier molecular flexibility index (Phi) is 7.36. The van der Waals surface area contributed by atoms with E-state index >= 15 is 0 Å². The van der Waals surface area contributed by atoms with Gasteiger partial charge < -0.3 is 4.74 Å². The summed E-state index contributed by atoms with van der Waals surface area (Å²) in [5.41, 5.74) is -1.72. The van der Waals surface area contributed by atoms with Gasteiger partial charge in [0.25, 0.3) is 0 Å². The fourth-order valence-corrected chi connectivity index (χ4v) is 6.32. The second kappa shape index (κ2) is 10.1. The van der Waals surface area contributed by atoms with Crippen LogP contribution < -0.4 is 4.74 Å². The SMILES string of the molecule is COc1nn(-c2ccc(C(F)(F)F)cc2)cc1CCC(=O)[C@]1(C)C[C@@H](F)CN1S(=O)(=O)c1ccc(F)cc1. The van der Waals surface area contributed by atoms with Gasteiger partial charge in [0.2, 0.25) is 15.9 Å². The van der Waals surface area contributed by atoms with Gasteiger partial charge in [0, 0.05) is 31.1 Å². The zero-order chi connectivity index (χ0) is 27.9. The maximum absolute atomic E-state index is 14.5. The van der Waals surface area contributed by atoms with Crippen molar-refractivity contribution in [3.8, 4) is 11.6 Å². The van der Waals surface area contributed by atoms with Gasteiger partial charge in [-0.3, -0.25) is 4.79 Å². The van der Waals surface area contributed by atoms with Crippen molar-refractivity contribution in [1.82, 2.24) is 14.1 Å². The van der Waals surface area contributed by atoms with Crippen LogP contribution in [0.5, 0.6) is 5.88 Å². The number of carbonyl (C=O) groups excluding carboxylic acids is 1. The number of aryl methyl sites for hydroxylation is 1. The van der Waals surface area contributed by atoms with Gasteiger partial charge in [0.05, 0.1) is 28.8 Å². The van der Waals surface area contributed by atoms with Crippen molar-refractivity contribution in [3.05, 3.63) is 71.7 Å². The maximum Gasteiger partial charge on any atom is 0.416 e. The van der Waals surface area contributed by atoms with Crippen LogP contribution in [0.4, 0.5) is 22.0 Å². The molecular formula is C25H24F5N3O4S. The predicted molar refractivity (Wildman–Crippen MR) is 127 cm³/mol. The predicted octanol–water partition coefficient (Wildman–Crippen LogP) is 4.73. The first-order chi connectivity index (χ1) is 17.8. The summed E-state index contributed by atoms with van der Waals surface area (Å²) in [6.45, 7) is 0.843. The molecule has 1 aliphatic rings. The number of carbonyl (C=O) groups is 1. The molecule has 13 heteroatoms. The lowest BCUT2D eigenvalue weighted by Crippen LogP contribution is -2.50. The number of ether oxygens (including phenoxy) is 1. The Bertz CT molecular complexity index is 1420. The number of sulfonamides is 1. The molecular weight excluding hydrogens is 533 g/mol. The minimum atomic E-state index is -4.49. The van der Waals surface area contributed by atoms with E-state index in [4.69, 9.17) is 4.74 Å². The summed E-state index contributed by atoms with van der Waals surface area (Å²) >= 11 is 0. The first kappa shape index (κ1) is 27.7. The number of hydrogen-bond acceptors (Lipinski definition) is 5. The third-order valence-corrected chi connectivity index (χ3v) is 8.56. The number of halogens is 5. The summed E-state index contributed by atoms with van der Waals surface area (Å²) in [6, 6.07) is 8.36. The van der Waals surface area contributed by atoms with Crippen molar-refractivity contribution in [2.24, 2.45) is 0 Å². The highest BCUT2D eigenvalue weighted by atomic mass is 32.2. The largest absolute Gasteiger partial charge is 0.480 e. The highest BCUT2D eigenvalue weighted by Gasteiger charge is 2.52. The van der Waals surface area contributed by atoms with E-state index in [0.717, 1.165) is 40.7 Å². The lowest BCUT2D eigenvalue weighted by molar-refractivity contribution is -0.137. The molecule has 0 radical (unpaired) electrons. The molecule has 1 aliphatic heterocycles. The minimum Gasteiger partial charge on any atom is -0.480 e. The van der Waals surface area contributed by atoms with Gasteiger partial charge in [-0.15, -0.1) is 5.10 Å². The van der Waals surface area contributed by atoms with Crippen LogP contribution in [0, 0.1) is 5.82 Å². The van der Waals surface area contributed by atoms with Crippen molar-refractivity contribution in [3.63, 3.8) is 0 Å². The minimum absolute atomic E-state index is 0.0552. The van der Waals surface area contributed by atoms with Crippen LogP contribution in [-0.4, -0.2) is 53.7 Å². The molecule has 1 saturated heterocycles. The highest BCUT2D eigenvalue weighted by molar-refractivity contribution is 7.89. The van der Waals surface area contributed by atoms with E-state index in [1.54, 1.807) is 0 Å². The molecule has 7 nitrogen and oxygen atoms in total. The topological polar surface area (TPSA) is 81.5 Å². The normalized spacial score (nSPS) is 20.6. The van der Waals surface area contributed by atoms with Crippen LogP contribution in [0.25, 0.3) is 5.69 Å². The third-order valence-electron chi connectivity index (χ3n) is 6.56. The number of Topliss-reactive ketones (excluding diaryl/α,β-unsaturated/α-hetero) is 1. The fraction of sp³-hybridized carbons (Fsp3) is 0.360. The van der Waals surface area contributed by atoms with Gasteiger partial charge in [-0.2, -0.15) is 17.5 Å². The first-order valence-electron chi connectivity index (χ1n) is 11.5. The van der Waals surface area contributed by atoms with Crippen LogP contribution in [0.1, 0.15) is 30.9 Å². The van der Waals surface area contributed by atoms with Crippen molar-refractivity contribution < 1.29 is 39.9 Å². The molecule has 0 aliphatic carbocycles. The molecule has 38 heavy (non-hydrogen) atoms. The average molecular weight is 558 g/mol. The van der Waals surface area contributed by atoms with E-state index < -0.39 is 51.6 Å². The van der Waals surface area contributed by atoms with E-state index in [-0.39, 0.29) is 30.0 Å². The molecule has 2 aromatic carbocycles. The summed E-state index contributed by atoms with van der Waals surface area (Å²) in [5, 5.41) is 4.20. The Morgan fingerprint density at radius 3 is 2.34 bits per heavy atom. The molecule has 0 amide bonds. The Morgan fingerprint density at radius 1 is 1.13 bits per heavy atom. The lowest BCUT2D eigenvalue weighted by atomic mass is 9.90. The number of aromatic nitrogens is 2. The van der Waals surface area contributed by atoms with E-state index in [2.05, 4.69) is 5.10 Å². The molecule has 0 saturated carbocycles. The molecule has 1 aromatic heterocycles. The number of hydrogen-bond donors (Lipinski definition) is 0. The lowest BCUT2D eigenvalue weighted by Gasteiger charge is -2.32. The number of alkyl halides is 4. The third kappa shape index (κ3) is 5.30. The van der Waals surface area contributed by atoms with E-state index in [1.165, 1.54) is 37.0 Å². The van der Waals surface area contributed by atoms with Gasteiger partial charge in [-0.25, -0.2) is 21.9 Å². The number of ketones is 1. The molecule has 3 aromatic rings. The maximum atomic E-state index is 14.5. The second-order valence-electron chi connectivity index (χ2n) is 9.14. The number of nitrogens with zero attached hydrogens (tertiary/aromatic N) is 3. The van der Waals surface area contributed by atoms with Crippen LogP contribution in [0.3, 0.4) is 0 Å². The molecule has 4 rings (SSSR count). The van der Waals surface area contributed by atoms with Crippen molar-refractivity contribution in [2.45, 2.75) is 49.0 Å². The van der Waals surface area contributed by atoms with Crippen molar-refractivity contribution in [2.75, 3.05) is 13.7 Å². The molecule has 0 spiro atoms. The Hall–Kier alpha value is -3.32. The second-order valence-corrected chi connectivity index (χ2v) is 11.0. The quantitative estimate of drug-likeness (QED) is 0.374. The fourth-order valence-electron chi connectivity index (χ4n) is 4.52. The van der Waals surface area contributed by atoms with Gasteiger partial charge >= 0.3 is 6.18 Å². The monoisotopic (exact) mass is 557 g/mol. The average Bonchev–Trinajstić information content (AvgIpc) is 3.43. The molecule has 0 unspecified atom stereocenters. The van der Waals surface area contributed by atoms with Gasteiger partial charge in [-0.1, -0.05) is 0 Å². The van der Waals surface area contributed by atoms with Gasteiger partial charge in [-0.05, 0) is 61.9 Å². The summed E-state index contributed by atoms with van der Waals surface area (Å²) in [4.78, 5) is 13.1. The van der Waals surface area contributed by atoms with Crippen LogP contribution in [0.2, 0.25) is 0 Å². The zero-order valence-corrected chi connectivity index (χ0v) is 21.2. The molecule has 0 N–H and O–H groups in total. The summed E-state index contributed by atoms with van der Waals surface area (Å²) in [6.07, 6.45) is -5.03. The number of benzene rings is 2. The van der Waals surface area contributed by atoms with Crippen LogP contribution >= 0.6 is 0 Å². The van der Waals surface area contributed by atoms with Crippen molar-refractivity contribution in [1.29, 1.82) is 0 Å². The first-order valence-corrected chi connectivity index (χ1v) is 13.0. The smallest absolute Gasteiger partial charge is 0.416 e. The van der Waals surface area contributed by atoms with Gasteiger partial charge in [0.15, 0.2) is 5.78 Å².